The van der Waals surface area contributed by atoms with E-state index < -0.39 is 10.1 Å². The Morgan fingerprint density at radius 3 is 2.31 bits per heavy atom. The second-order valence-corrected chi connectivity index (χ2v) is 4.32. The van der Waals surface area contributed by atoms with Crippen molar-refractivity contribution in [3.05, 3.63) is 23.3 Å². The minimum atomic E-state index is -4.27. The van der Waals surface area contributed by atoms with E-state index in [2.05, 4.69) is 0 Å². The van der Waals surface area contributed by atoms with Gasteiger partial charge in [0.25, 0.3) is 10.1 Å². The van der Waals surface area contributed by atoms with Crippen molar-refractivity contribution in [3.8, 4) is 0 Å². The fourth-order valence-corrected chi connectivity index (χ4v) is 1.89. The monoisotopic (exact) mass is 200 g/mol. The zero-order chi connectivity index (χ0) is 10.2. The first-order valence-electron chi connectivity index (χ1n) is 3.62. The predicted octanol–water partition coefficient (Wildman–Crippen LogP) is 1.46. The lowest BCUT2D eigenvalue weighted by atomic mass is 10.1. The molecule has 0 heterocycles. The van der Waals surface area contributed by atoms with Crippen LogP contribution in [0.3, 0.4) is 0 Å². The van der Waals surface area contributed by atoms with E-state index in [0.717, 1.165) is 0 Å². The largest absolute Gasteiger partial charge is 0.299 e. The average molecular weight is 200 g/mol. The highest BCUT2D eigenvalue weighted by molar-refractivity contribution is 7.86. The van der Waals surface area contributed by atoms with Gasteiger partial charge in [0.05, 0.1) is 5.69 Å². The van der Waals surface area contributed by atoms with Gasteiger partial charge in [-0.05, 0) is 31.0 Å². The zero-order valence-corrected chi connectivity index (χ0v) is 8.14. The van der Waals surface area contributed by atoms with Gasteiger partial charge in [0, 0.05) is 0 Å². The highest BCUT2D eigenvalue weighted by Crippen LogP contribution is 2.24. The van der Waals surface area contributed by atoms with Crippen molar-refractivity contribution in [2.45, 2.75) is 18.7 Å². The smallest absolute Gasteiger partial charge is 0.296 e. The highest BCUT2D eigenvalue weighted by Gasteiger charge is 2.15. The number of aryl methyl sites for hydroxylation is 2. The van der Waals surface area contributed by atoms with E-state index in [1.807, 2.05) is 0 Å². The molecule has 4 nitrogen and oxygen atoms in total. The Kier molecular flexibility index (Phi) is 2.32. The maximum Gasteiger partial charge on any atom is 0.296 e. The number of nitrogens with one attached hydrogen (secondary N) is 1. The van der Waals surface area contributed by atoms with Crippen LogP contribution in [0.4, 0.5) is 5.69 Å². The van der Waals surface area contributed by atoms with Crippen LogP contribution in [0.1, 0.15) is 11.1 Å². The normalized spacial score (nSPS) is 11.6. The van der Waals surface area contributed by atoms with Crippen molar-refractivity contribution >= 4 is 15.8 Å². The summed E-state index contributed by atoms with van der Waals surface area (Å²) in [6.45, 7) is 3.34. The lowest BCUT2D eigenvalue weighted by molar-refractivity contribution is 0.483. The van der Waals surface area contributed by atoms with E-state index in [-0.39, 0.29) is 10.6 Å². The molecule has 0 atom stereocenters. The number of rotatable bonds is 1. The molecule has 0 aromatic heterocycles. The van der Waals surface area contributed by atoms with Crippen LogP contribution < -0.4 is 5.73 Å². The van der Waals surface area contributed by atoms with Gasteiger partial charge in [-0.15, -0.1) is 0 Å². The summed E-state index contributed by atoms with van der Waals surface area (Å²) >= 11 is 0. The molecule has 0 aliphatic heterocycles. The summed E-state index contributed by atoms with van der Waals surface area (Å²) in [5.41, 5.74) is 8.51. The van der Waals surface area contributed by atoms with Crippen LogP contribution in [0.5, 0.6) is 0 Å². The van der Waals surface area contributed by atoms with Gasteiger partial charge in [-0.1, -0.05) is 6.07 Å². The molecule has 5 heteroatoms. The van der Waals surface area contributed by atoms with E-state index >= 15 is 0 Å². The van der Waals surface area contributed by atoms with Crippen LogP contribution >= 0.6 is 0 Å². The third-order valence-electron chi connectivity index (χ3n) is 1.72. The molecule has 1 radical (unpaired) electrons. The molecule has 71 valence electrons. The van der Waals surface area contributed by atoms with E-state index in [0.29, 0.717) is 11.1 Å². The molecule has 0 bridgehead atoms. The third-order valence-corrected chi connectivity index (χ3v) is 2.60. The van der Waals surface area contributed by atoms with Crippen LogP contribution in [0.25, 0.3) is 0 Å². The van der Waals surface area contributed by atoms with Gasteiger partial charge in [0.15, 0.2) is 0 Å². The van der Waals surface area contributed by atoms with Crippen molar-refractivity contribution < 1.29 is 13.0 Å². The first-order chi connectivity index (χ1) is 5.82. The van der Waals surface area contributed by atoms with Crippen LogP contribution in [0.2, 0.25) is 0 Å². The summed E-state index contributed by atoms with van der Waals surface area (Å²) in [4.78, 5) is -0.329. The lowest BCUT2D eigenvalue weighted by Gasteiger charge is -2.05. The Morgan fingerprint density at radius 2 is 1.85 bits per heavy atom. The standard InChI is InChI=1S/C8H10NO3S/c1-5-3-6(2)8(9)7(4-5)13(10,11)12/h3-4,9H,1-2H3,(H,10,11,12). The minimum Gasteiger partial charge on any atom is -0.299 e. The second-order valence-electron chi connectivity index (χ2n) is 2.93. The van der Waals surface area contributed by atoms with Gasteiger partial charge in [-0.3, -0.25) is 10.3 Å². The van der Waals surface area contributed by atoms with Gasteiger partial charge < -0.3 is 0 Å². The summed E-state index contributed by atoms with van der Waals surface area (Å²) in [6, 6.07) is 2.97. The van der Waals surface area contributed by atoms with Crippen LogP contribution in [-0.2, 0) is 10.1 Å². The highest BCUT2D eigenvalue weighted by atomic mass is 32.2. The van der Waals surface area contributed by atoms with Gasteiger partial charge in [-0.25, -0.2) is 0 Å². The number of hydrogen-bond donors (Lipinski definition) is 1. The Morgan fingerprint density at radius 1 is 1.31 bits per heavy atom. The molecule has 1 aromatic rings. The topological polar surface area (TPSA) is 78.2 Å². The summed E-state index contributed by atoms with van der Waals surface area (Å²) < 4.78 is 30.4. The molecule has 1 rings (SSSR count). The van der Waals surface area contributed by atoms with Crippen molar-refractivity contribution in [1.82, 2.24) is 5.73 Å². The molecular weight excluding hydrogens is 190 g/mol. The molecule has 0 saturated carbocycles. The van der Waals surface area contributed by atoms with E-state index in [9.17, 15) is 8.42 Å². The van der Waals surface area contributed by atoms with Gasteiger partial charge in [0.1, 0.15) is 4.90 Å². The first-order valence-corrected chi connectivity index (χ1v) is 5.06. The van der Waals surface area contributed by atoms with Crippen molar-refractivity contribution in [1.29, 1.82) is 0 Å². The van der Waals surface area contributed by atoms with E-state index in [1.165, 1.54) is 6.07 Å². The number of benzene rings is 1. The molecule has 0 aliphatic carbocycles. The summed E-state index contributed by atoms with van der Waals surface area (Å²) in [6.07, 6.45) is 0. The molecule has 13 heavy (non-hydrogen) atoms. The lowest BCUT2D eigenvalue weighted by Crippen LogP contribution is -2.01. The molecule has 2 N–H and O–H groups in total. The molecule has 0 saturated heterocycles. The minimum absolute atomic E-state index is 0.145. The fourth-order valence-electron chi connectivity index (χ4n) is 1.13. The molecule has 0 unspecified atom stereocenters. The quantitative estimate of drug-likeness (QED) is 0.697. The Hall–Kier alpha value is -1.07. The maximum absolute atomic E-state index is 10.8. The predicted molar refractivity (Wildman–Crippen MR) is 48.5 cm³/mol. The summed E-state index contributed by atoms with van der Waals surface area (Å²) in [7, 11) is -4.27. The Bertz CT molecular complexity index is 437. The van der Waals surface area contributed by atoms with Crippen LogP contribution in [0, 0.1) is 13.8 Å². The third kappa shape index (κ3) is 1.99. The molecule has 1 aromatic carbocycles. The molecular formula is C8H10NO3S. The summed E-state index contributed by atoms with van der Waals surface area (Å²) in [5, 5.41) is 0. The van der Waals surface area contributed by atoms with Gasteiger partial charge >= 0.3 is 0 Å². The fraction of sp³-hybridized carbons (Fsp3) is 0.250. The van der Waals surface area contributed by atoms with Crippen molar-refractivity contribution in [2.24, 2.45) is 0 Å². The van der Waals surface area contributed by atoms with Gasteiger partial charge in [0.2, 0.25) is 0 Å². The Balaban J connectivity index is 3.56. The van der Waals surface area contributed by atoms with Crippen LogP contribution in [0.15, 0.2) is 17.0 Å². The average Bonchev–Trinajstić information content (AvgIpc) is 1.94. The molecule has 0 amide bonds. The van der Waals surface area contributed by atoms with Crippen LogP contribution in [-0.4, -0.2) is 13.0 Å². The Labute approximate surface area is 77.1 Å². The zero-order valence-electron chi connectivity index (χ0n) is 7.33. The van der Waals surface area contributed by atoms with E-state index in [1.54, 1.807) is 19.9 Å². The molecule has 0 aliphatic rings. The van der Waals surface area contributed by atoms with Gasteiger partial charge in [-0.2, -0.15) is 8.42 Å². The van der Waals surface area contributed by atoms with Crippen molar-refractivity contribution in [3.63, 3.8) is 0 Å². The molecule has 0 spiro atoms. The SMILES string of the molecule is Cc1cc(C)c([NH])c(S(=O)(=O)O)c1. The first kappa shape index (κ1) is 10.0. The van der Waals surface area contributed by atoms with E-state index in [4.69, 9.17) is 10.3 Å². The summed E-state index contributed by atoms with van der Waals surface area (Å²) in [5.74, 6) is 0. The maximum atomic E-state index is 10.8. The van der Waals surface area contributed by atoms with Crippen molar-refractivity contribution in [2.75, 3.05) is 0 Å². The molecule has 0 fully saturated rings. The second kappa shape index (κ2) is 3.01. The number of hydrogen-bond acceptors (Lipinski definition) is 2.